The van der Waals surface area contributed by atoms with Gasteiger partial charge in [0.15, 0.2) is 0 Å². The molecule has 0 aromatic heterocycles. The van der Waals surface area contributed by atoms with Crippen molar-refractivity contribution in [1.82, 2.24) is 0 Å². The Kier molecular flexibility index (Phi) is 5.64. The maximum absolute atomic E-state index is 3.69. The van der Waals surface area contributed by atoms with E-state index in [-0.39, 0.29) is 0 Å². The first-order valence-corrected chi connectivity index (χ1v) is 5.71. The van der Waals surface area contributed by atoms with Crippen molar-refractivity contribution in [1.29, 1.82) is 0 Å². The molecule has 1 saturated carbocycles. The van der Waals surface area contributed by atoms with Crippen molar-refractivity contribution in [2.45, 2.75) is 51.4 Å². The van der Waals surface area contributed by atoms with Crippen LogP contribution in [0.5, 0.6) is 0 Å². The van der Waals surface area contributed by atoms with Crippen molar-refractivity contribution in [3.05, 3.63) is 24.8 Å². The van der Waals surface area contributed by atoms with Crippen LogP contribution < -0.4 is 0 Å². The zero-order valence-electron chi connectivity index (χ0n) is 8.67. The molecule has 1 rings (SSSR count). The van der Waals surface area contributed by atoms with E-state index >= 15 is 0 Å². The van der Waals surface area contributed by atoms with Crippen LogP contribution in [0.1, 0.15) is 51.4 Å². The highest BCUT2D eigenvalue weighted by atomic mass is 14.1. The van der Waals surface area contributed by atoms with Gasteiger partial charge < -0.3 is 0 Å². The third-order valence-corrected chi connectivity index (χ3v) is 2.97. The van der Waals surface area contributed by atoms with E-state index in [4.69, 9.17) is 0 Å². The Morgan fingerprint density at radius 2 is 1.62 bits per heavy atom. The lowest BCUT2D eigenvalue weighted by Gasteiger charge is -2.17. The molecule has 0 saturated heterocycles. The third-order valence-electron chi connectivity index (χ3n) is 2.97. The van der Waals surface area contributed by atoms with E-state index in [1.807, 2.05) is 6.08 Å². The Morgan fingerprint density at radius 3 is 2.23 bits per heavy atom. The SMILES string of the molecule is C=C/C=C/CC1CCCCCCC1. The van der Waals surface area contributed by atoms with Crippen molar-refractivity contribution in [3.8, 4) is 0 Å². The molecule has 0 aromatic rings. The van der Waals surface area contributed by atoms with E-state index in [0.29, 0.717) is 0 Å². The van der Waals surface area contributed by atoms with Gasteiger partial charge >= 0.3 is 0 Å². The van der Waals surface area contributed by atoms with Gasteiger partial charge in [-0.3, -0.25) is 0 Å². The number of rotatable bonds is 3. The third kappa shape index (κ3) is 4.92. The van der Waals surface area contributed by atoms with E-state index in [1.165, 1.54) is 51.4 Å². The van der Waals surface area contributed by atoms with Gasteiger partial charge in [0.05, 0.1) is 0 Å². The predicted octanol–water partition coefficient (Wildman–Crippen LogP) is 4.48. The first kappa shape index (κ1) is 10.6. The van der Waals surface area contributed by atoms with Crippen LogP contribution in [-0.4, -0.2) is 0 Å². The van der Waals surface area contributed by atoms with Crippen LogP contribution in [0.4, 0.5) is 0 Å². The highest BCUT2D eigenvalue weighted by molar-refractivity contribution is 4.97. The van der Waals surface area contributed by atoms with Crippen LogP contribution in [0.3, 0.4) is 0 Å². The van der Waals surface area contributed by atoms with E-state index in [1.54, 1.807) is 0 Å². The normalized spacial score (nSPS) is 21.2. The average molecular weight is 178 g/mol. The van der Waals surface area contributed by atoms with Gasteiger partial charge in [-0.2, -0.15) is 0 Å². The molecule has 0 atom stereocenters. The summed E-state index contributed by atoms with van der Waals surface area (Å²) >= 11 is 0. The van der Waals surface area contributed by atoms with E-state index < -0.39 is 0 Å². The molecule has 0 bridgehead atoms. The fourth-order valence-electron chi connectivity index (χ4n) is 2.14. The molecule has 1 fully saturated rings. The van der Waals surface area contributed by atoms with Gasteiger partial charge in [0.1, 0.15) is 0 Å². The molecule has 0 amide bonds. The van der Waals surface area contributed by atoms with E-state index in [0.717, 1.165) is 5.92 Å². The molecule has 0 aromatic carbocycles. The molecule has 1 aliphatic rings. The van der Waals surface area contributed by atoms with Crippen LogP contribution in [-0.2, 0) is 0 Å². The van der Waals surface area contributed by atoms with Gasteiger partial charge in [-0.05, 0) is 12.3 Å². The van der Waals surface area contributed by atoms with Gasteiger partial charge in [0, 0.05) is 0 Å². The molecule has 0 spiro atoms. The summed E-state index contributed by atoms with van der Waals surface area (Å²) in [6, 6.07) is 0. The molecule has 13 heavy (non-hydrogen) atoms. The number of hydrogen-bond donors (Lipinski definition) is 0. The Labute approximate surface area is 82.7 Å². The zero-order chi connectivity index (χ0) is 9.36. The molecule has 1 aliphatic carbocycles. The Bertz CT molecular complexity index is 147. The molecule has 0 radical (unpaired) electrons. The summed E-state index contributed by atoms with van der Waals surface area (Å²) in [4.78, 5) is 0. The zero-order valence-corrected chi connectivity index (χ0v) is 8.67. The lowest BCUT2D eigenvalue weighted by molar-refractivity contribution is 0.381. The van der Waals surface area contributed by atoms with E-state index in [2.05, 4.69) is 18.7 Å². The quantitative estimate of drug-likeness (QED) is 0.559. The van der Waals surface area contributed by atoms with E-state index in [9.17, 15) is 0 Å². The summed E-state index contributed by atoms with van der Waals surface area (Å²) in [6.45, 7) is 3.69. The number of allylic oxidation sites excluding steroid dienone is 3. The van der Waals surface area contributed by atoms with Crippen molar-refractivity contribution in [3.63, 3.8) is 0 Å². The smallest absolute Gasteiger partial charge is 0.0319 e. The number of hydrogen-bond acceptors (Lipinski definition) is 0. The summed E-state index contributed by atoms with van der Waals surface area (Å²) < 4.78 is 0. The highest BCUT2D eigenvalue weighted by Crippen LogP contribution is 2.24. The predicted molar refractivity (Wildman–Crippen MR) is 59.8 cm³/mol. The minimum atomic E-state index is 0.955. The lowest BCUT2D eigenvalue weighted by atomic mass is 9.89. The fraction of sp³-hybridized carbons (Fsp3) is 0.692. The van der Waals surface area contributed by atoms with Gasteiger partial charge in [0.25, 0.3) is 0 Å². The van der Waals surface area contributed by atoms with Gasteiger partial charge in [-0.15, -0.1) is 0 Å². The molecular weight excluding hydrogens is 156 g/mol. The van der Waals surface area contributed by atoms with Crippen LogP contribution in [0.25, 0.3) is 0 Å². The monoisotopic (exact) mass is 178 g/mol. The minimum Gasteiger partial charge on any atom is -0.0991 e. The summed E-state index contributed by atoms with van der Waals surface area (Å²) in [5.74, 6) is 0.955. The summed E-state index contributed by atoms with van der Waals surface area (Å²) in [6.07, 6.45) is 17.7. The topological polar surface area (TPSA) is 0 Å². The standard InChI is InChI=1S/C13H22/c1-2-3-7-10-13-11-8-5-4-6-9-12-13/h2-3,7,13H,1,4-6,8-12H2/b7-3+. The maximum Gasteiger partial charge on any atom is -0.0319 e. The molecule has 0 aliphatic heterocycles. The van der Waals surface area contributed by atoms with Crippen LogP contribution in [0.15, 0.2) is 24.8 Å². The lowest BCUT2D eigenvalue weighted by Crippen LogP contribution is -2.02. The summed E-state index contributed by atoms with van der Waals surface area (Å²) in [7, 11) is 0. The molecular formula is C13H22. The molecule has 74 valence electrons. The van der Waals surface area contributed by atoms with Crippen LogP contribution in [0.2, 0.25) is 0 Å². The molecule has 0 nitrogen and oxygen atoms in total. The van der Waals surface area contributed by atoms with Crippen LogP contribution >= 0.6 is 0 Å². The van der Waals surface area contributed by atoms with Crippen molar-refractivity contribution in [2.75, 3.05) is 0 Å². The first-order chi connectivity index (χ1) is 6.43. The molecule has 0 heteroatoms. The Hall–Kier alpha value is -0.520. The fourth-order valence-corrected chi connectivity index (χ4v) is 2.14. The van der Waals surface area contributed by atoms with Crippen molar-refractivity contribution < 1.29 is 0 Å². The second-order valence-electron chi connectivity index (χ2n) is 4.11. The summed E-state index contributed by atoms with van der Waals surface area (Å²) in [5, 5.41) is 0. The van der Waals surface area contributed by atoms with Gasteiger partial charge in [0.2, 0.25) is 0 Å². The average Bonchev–Trinajstić information content (AvgIpc) is 2.08. The van der Waals surface area contributed by atoms with Gasteiger partial charge in [-0.25, -0.2) is 0 Å². The second kappa shape index (κ2) is 6.94. The first-order valence-electron chi connectivity index (χ1n) is 5.71. The molecule has 0 N–H and O–H groups in total. The minimum absolute atomic E-state index is 0.955. The largest absolute Gasteiger partial charge is 0.0991 e. The van der Waals surface area contributed by atoms with Crippen molar-refractivity contribution in [2.24, 2.45) is 5.92 Å². The van der Waals surface area contributed by atoms with Crippen molar-refractivity contribution >= 4 is 0 Å². The molecule has 0 heterocycles. The maximum atomic E-state index is 3.69. The Balaban J connectivity index is 2.20. The second-order valence-corrected chi connectivity index (χ2v) is 4.11. The highest BCUT2D eigenvalue weighted by Gasteiger charge is 2.08. The van der Waals surface area contributed by atoms with Crippen LogP contribution in [0, 0.1) is 5.92 Å². The Morgan fingerprint density at radius 1 is 1.00 bits per heavy atom. The molecule has 0 unspecified atom stereocenters. The van der Waals surface area contributed by atoms with Gasteiger partial charge in [-0.1, -0.05) is 69.8 Å². The summed E-state index contributed by atoms with van der Waals surface area (Å²) in [5.41, 5.74) is 0.